The second-order valence-electron chi connectivity index (χ2n) is 4.37. The third kappa shape index (κ3) is 2.72. The molecule has 106 valence electrons. The summed E-state index contributed by atoms with van der Waals surface area (Å²) in [4.78, 5) is 4.09. The first-order chi connectivity index (χ1) is 10.1. The molecule has 3 rings (SSSR count). The van der Waals surface area contributed by atoms with E-state index in [9.17, 15) is 0 Å². The maximum atomic E-state index is 6.13. The monoisotopic (exact) mass is 338 g/mol. The molecule has 1 heterocycles. The van der Waals surface area contributed by atoms with Gasteiger partial charge in [0, 0.05) is 34.9 Å². The van der Waals surface area contributed by atoms with Gasteiger partial charge in [-0.25, -0.2) is 0 Å². The summed E-state index contributed by atoms with van der Waals surface area (Å²) in [6.45, 7) is 0. The van der Waals surface area contributed by atoms with E-state index in [0.717, 1.165) is 10.8 Å². The summed E-state index contributed by atoms with van der Waals surface area (Å²) < 4.78 is 5.84. The van der Waals surface area contributed by atoms with Gasteiger partial charge in [-0.05, 0) is 24.3 Å². The maximum absolute atomic E-state index is 6.13. The van der Waals surface area contributed by atoms with E-state index in [1.165, 1.54) is 0 Å². The molecular formula is C15H9Cl3N2O. The van der Waals surface area contributed by atoms with Crippen molar-refractivity contribution in [3.8, 4) is 11.5 Å². The van der Waals surface area contributed by atoms with Crippen molar-refractivity contribution in [1.82, 2.24) is 4.98 Å². The van der Waals surface area contributed by atoms with Crippen LogP contribution in [0.15, 0.2) is 42.7 Å². The van der Waals surface area contributed by atoms with Gasteiger partial charge in [-0.15, -0.1) is 0 Å². The lowest BCUT2D eigenvalue weighted by atomic mass is 10.1. The zero-order valence-corrected chi connectivity index (χ0v) is 12.9. The van der Waals surface area contributed by atoms with Crippen LogP contribution in [0.4, 0.5) is 5.69 Å². The minimum atomic E-state index is 0.369. The normalized spacial score (nSPS) is 10.8. The summed E-state index contributed by atoms with van der Waals surface area (Å²) in [6, 6.07) is 8.47. The second-order valence-corrected chi connectivity index (χ2v) is 5.59. The number of nitrogen functional groups attached to an aromatic ring is 1. The van der Waals surface area contributed by atoms with Gasteiger partial charge in [0.1, 0.15) is 11.5 Å². The Labute approximate surface area is 136 Å². The quantitative estimate of drug-likeness (QED) is 0.490. The molecule has 3 nitrogen and oxygen atoms in total. The molecule has 0 aliphatic carbocycles. The van der Waals surface area contributed by atoms with Crippen LogP contribution < -0.4 is 10.5 Å². The predicted molar refractivity (Wildman–Crippen MR) is 87.7 cm³/mol. The fourth-order valence-electron chi connectivity index (χ4n) is 1.98. The number of hydrogen-bond acceptors (Lipinski definition) is 3. The van der Waals surface area contributed by atoms with Crippen LogP contribution in [0.3, 0.4) is 0 Å². The van der Waals surface area contributed by atoms with Crippen LogP contribution in [0.25, 0.3) is 10.8 Å². The molecule has 2 N–H and O–H groups in total. The Morgan fingerprint density at radius 3 is 2.43 bits per heavy atom. The van der Waals surface area contributed by atoms with Crippen LogP contribution >= 0.6 is 34.8 Å². The first-order valence-corrected chi connectivity index (χ1v) is 7.14. The molecule has 0 unspecified atom stereocenters. The molecule has 3 aromatic rings. The van der Waals surface area contributed by atoms with Crippen molar-refractivity contribution in [3.05, 3.63) is 57.8 Å². The molecule has 0 aliphatic heterocycles. The van der Waals surface area contributed by atoms with Gasteiger partial charge in [-0.1, -0.05) is 34.8 Å². The number of pyridine rings is 1. The average molecular weight is 340 g/mol. The van der Waals surface area contributed by atoms with Crippen LogP contribution in [0, 0.1) is 0 Å². The van der Waals surface area contributed by atoms with Crippen LogP contribution in [-0.2, 0) is 0 Å². The highest BCUT2D eigenvalue weighted by atomic mass is 35.5. The molecule has 0 fully saturated rings. The number of fused-ring (bicyclic) bond motifs is 1. The molecule has 0 radical (unpaired) electrons. The topological polar surface area (TPSA) is 48.1 Å². The first kappa shape index (κ1) is 14.3. The summed E-state index contributed by atoms with van der Waals surface area (Å²) in [5, 5.41) is 2.77. The highest BCUT2D eigenvalue weighted by molar-refractivity contribution is 6.43. The van der Waals surface area contributed by atoms with Crippen molar-refractivity contribution in [2.24, 2.45) is 0 Å². The van der Waals surface area contributed by atoms with Gasteiger partial charge < -0.3 is 10.5 Å². The van der Waals surface area contributed by atoms with E-state index in [4.69, 9.17) is 45.3 Å². The number of ether oxygens (including phenoxy) is 1. The van der Waals surface area contributed by atoms with Crippen molar-refractivity contribution in [2.45, 2.75) is 0 Å². The second kappa shape index (κ2) is 5.60. The third-order valence-corrected chi connectivity index (χ3v) is 4.02. The first-order valence-electron chi connectivity index (χ1n) is 6.01. The number of hydrogen-bond donors (Lipinski definition) is 1. The number of nitrogens with zero attached hydrogens (tertiary/aromatic N) is 1. The van der Waals surface area contributed by atoms with Gasteiger partial charge in [0.05, 0.1) is 15.1 Å². The molecule has 6 heteroatoms. The summed E-state index contributed by atoms with van der Waals surface area (Å²) in [7, 11) is 0. The van der Waals surface area contributed by atoms with Crippen LogP contribution in [-0.4, -0.2) is 4.98 Å². The van der Waals surface area contributed by atoms with Crippen LogP contribution in [0.5, 0.6) is 11.5 Å². The minimum Gasteiger partial charge on any atom is -0.455 e. The van der Waals surface area contributed by atoms with Crippen LogP contribution in [0.1, 0.15) is 0 Å². The van der Waals surface area contributed by atoms with Gasteiger partial charge in [0.15, 0.2) is 0 Å². The lowest BCUT2D eigenvalue weighted by Crippen LogP contribution is -1.92. The van der Waals surface area contributed by atoms with Gasteiger partial charge in [0.2, 0.25) is 0 Å². The number of nitrogens with two attached hydrogens (primary N) is 1. The van der Waals surface area contributed by atoms with E-state index in [2.05, 4.69) is 4.98 Å². The Kier molecular flexibility index (Phi) is 3.81. The maximum Gasteiger partial charge on any atom is 0.147 e. The fourth-order valence-corrected chi connectivity index (χ4v) is 2.55. The van der Waals surface area contributed by atoms with Crippen molar-refractivity contribution >= 4 is 51.3 Å². The van der Waals surface area contributed by atoms with Crippen LogP contribution in [0.2, 0.25) is 15.1 Å². The molecule has 21 heavy (non-hydrogen) atoms. The van der Waals surface area contributed by atoms with Crippen molar-refractivity contribution in [2.75, 3.05) is 5.73 Å². The number of aromatic nitrogens is 1. The van der Waals surface area contributed by atoms with Crippen molar-refractivity contribution in [1.29, 1.82) is 0 Å². The number of rotatable bonds is 2. The van der Waals surface area contributed by atoms with Gasteiger partial charge in [-0.3, -0.25) is 4.98 Å². The Bertz CT molecular complexity index is 837. The number of benzene rings is 2. The molecule has 2 aromatic carbocycles. The number of halogens is 3. The Balaban J connectivity index is 2.11. The van der Waals surface area contributed by atoms with Gasteiger partial charge >= 0.3 is 0 Å². The lowest BCUT2D eigenvalue weighted by Gasteiger charge is -2.12. The summed E-state index contributed by atoms with van der Waals surface area (Å²) in [5.41, 5.74) is 6.60. The van der Waals surface area contributed by atoms with Crippen molar-refractivity contribution in [3.63, 3.8) is 0 Å². The molecule has 0 spiro atoms. The summed E-state index contributed by atoms with van der Waals surface area (Å²) in [5.74, 6) is 1.01. The van der Waals surface area contributed by atoms with Gasteiger partial charge in [0.25, 0.3) is 0 Å². The van der Waals surface area contributed by atoms with E-state index in [-0.39, 0.29) is 0 Å². The molecule has 0 saturated heterocycles. The summed E-state index contributed by atoms with van der Waals surface area (Å²) >= 11 is 18.0. The number of anilines is 1. The average Bonchev–Trinajstić information content (AvgIpc) is 2.48. The Morgan fingerprint density at radius 1 is 0.857 bits per heavy atom. The molecule has 0 saturated carbocycles. The fraction of sp³-hybridized carbons (Fsp3) is 0. The van der Waals surface area contributed by atoms with Gasteiger partial charge in [-0.2, -0.15) is 0 Å². The molecule has 1 aromatic heterocycles. The molecular weight excluding hydrogens is 331 g/mol. The minimum absolute atomic E-state index is 0.369. The largest absolute Gasteiger partial charge is 0.455 e. The molecule has 0 atom stereocenters. The highest BCUT2D eigenvalue weighted by Crippen LogP contribution is 2.39. The SMILES string of the molecule is Nc1ccc(Oc2cc(Cl)c(Cl)cc2Cl)c2cnccc12. The highest BCUT2D eigenvalue weighted by Gasteiger charge is 2.11. The van der Waals surface area contributed by atoms with E-state index in [0.29, 0.717) is 32.3 Å². The predicted octanol–water partition coefficient (Wildman–Crippen LogP) is 5.57. The zero-order chi connectivity index (χ0) is 15.0. The third-order valence-electron chi connectivity index (χ3n) is 3.01. The standard InChI is InChI=1S/C15H9Cl3N2O/c16-10-5-12(18)15(6-11(10)17)21-14-2-1-13(19)8-3-4-20-7-9(8)14/h1-7H,19H2. The molecule has 0 bridgehead atoms. The lowest BCUT2D eigenvalue weighted by molar-refractivity contribution is 0.488. The summed E-state index contributed by atoms with van der Waals surface area (Å²) in [6.07, 6.45) is 3.36. The van der Waals surface area contributed by atoms with E-state index in [1.807, 2.05) is 6.07 Å². The Morgan fingerprint density at radius 2 is 1.62 bits per heavy atom. The Hall–Kier alpha value is -1.68. The van der Waals surface area contributed by atoms with E-state index < -0.39 is 0 Å². The zero-order valence-electron chi connectivity index (χ0n) is 10.6. The van der Waals surface area contributed by atoms with E-state index in [1.54, 1.807) is 36.7 Å². The van der Waals surface area contributed by atoms with E-state index >= 15 is 0 Å². The van der Waals surface area contributed by atoms with Crippen molar-refractivity contribution < 1.29 is 4.74 Å². The molecule has 0 amide bonds. The smallest absolute Gasteiger partial charge is 0.147 e. The molecule has 0 aliphatic rings.